The van der Waals surface area contributed by atoms with Crippen LogP contribution in [0.15, 0.2) is 17.1 Å². The van der Waals surface area contributed by atoms with Crippen molar-refractivity contribution in [3.63, 3.8) is 0 Å². The number of rotatable bonds is 2. The minimum absolute atomic E-state index is 0.0916. The number of nitrogens with zero attached hydrogens (tertiary/aromatic N) is 2. The summed E-state index contributed by atoms with van der Waals surface area (Å²) in [5, 5.41) is 9.50. The van der Waals surface area contributed by atoms with Gasteiger partial charge in [-0.05, 0) is 25.3 Å². The van der Waals surface area contributed by atoms with E-state index in [1.54, 1.807) is 0 Å². The number of ether oxygens (including phenoxy) is 1. The van der Waals surface area contributed by atoms with Crippen molar-refractivity contribution >= 4 is 22.6 Å². The van der Waals surface area contributed by atoms with E-state index in [0.29, 0.717) is 29.9 Å². The Morgan fingerprint density at radius 3 is 2.81 bits per heavy atom. The number of hydrogen-bond donors (Lipinski definition) is 2. The second-order valence-corrected chi connectivity index (χ2v) is 7.63. The van der Waals surface area contributed by atoms with Gasteiger partial charge < -0.3 is 25.0 Å². The van der Waals surface area contributed by atoms with Crippen molar-refractivity contribution in [2.24, 2.45) is 5.73 Å². The van der Waals surface area contributed by atoms with Gasteiger partial charge in [-0.25, -0.2) is 9.18 Å². The first-order valence-electron chi connectivity index (χ1n) is 9.21. The second kappa shape index (κ2) is 5.77. The molecule has 7 nitrogen and oxygen atoms in total. The summed E-state index contributed by atoms with van der Waals surface area (Å²) < 4.78 is 22.8. The summed E-state index contributed by atoms with van der Waals surface area (Å²) in [4.78, 5) is 26.2. The Morgan fingerprint density at radius 1 is 1.33 bits per heavy atom. The number of aromatic carboxylic acids is 1. The number of fused-ring (bicyclic) bond motifs is 5. The zero-order valence-corrected chi connectivity index (χ0v) is 14.7. The molecular formula is C19H20FN3O4. The molecule has 3 aliphatic rings. The molecule has 0 radical (unpaired) electrons. The van der Waals surface area contributed by atoms with Crippen molar-refractivity contribution in [1.82, 2.24) is 4.57 Å². The zero-order chi connectivity index (χ0) is 18.9. The third-order valence-electron chi connectivity index (χ3n) is 5.93. The molecule has 2 atom stereocenters. The summed E-state index contributed by atoms with van der Waals surface area (Å²) >= 11 is 0. The molecule has 0 bridgehead atoms. The van der Waals surface area contributed by atoms with Crippen LogP contribution in [0.1, 0.15) is 41.2 Å². The Morgan fingerprint density at radius 2 is 2.11 bits per heavy atom. The molecule has 2 aromatic rings. The molecule has 5 rings (SSSR count). The van der Waals surface area contributed by atoms with Gasteiger partial charge in [0, 0.05) is 35.8 Å². The quantitative estimate of drug-likeness (QED) is 0.830. The Bertz CT molecular complexity index is 1030. The SMILES string of the molecule is N[C@H]1CCN2c3c(F)cc4c(=O)c(C(=O)O)cn(C5CC5)c4c3COC[C@H]12. The number of carbonyl (C=O) groups is 1. The van der Waals surface area contributed by atoms with Gasteiger partial charge in [-0.3, -0.25) is 4.79 Å². The fourth-order valence-electron chi connectivity index (χ4n) is 4.45. The van der Waals surface area contributed by atoms with Gasteiger partial charge in [0.25, 0.3) is 0 Å². The third kappa shape index (κ3) is 2.40. The van der Waals surface area contributed by atoms with Gasteiger partial charge in [0.05, 0.1) is 30.5 Å². The summed E-state index contributed by atoms with van der Waals surface area (Å²) in [7, 11) is 0. The highest BCUT2D eigenvalue weighted by Gasteiger charge is 2.38. The number of pyridine rings is 1. The maximum absolute atomic E-state index is 15.2. The first-order valence-corrected chi connectivity index (χ1v) is 9.21. The lowest BCUT2D eigenvalue weighted by Crippen LogP contribution is -2.42. The van der Waals surface area contributed by atoms with Crippen LogP contribution in [0, 0.1) is 5.82 Å². The number of halogens is 1. The highest BCUT2D eigenvalue weighted by atomic mass is 19.1. The summed E-state index contributed by atoms with van der Waals surface area (Å²) in [6, 6.07) is 1.12. The molecule has 1 aromatic heterocycles. The molecule has 2 aliphatic heterocycles. The van der Waals surface area contributed by atoms with Gasteiger partial charge in [0.1, 0.15) is 11.4 Å². The van der Waals surface area contributed by atoms with Crippen LogP contribution in [0.3, 0.4) is 0 Å². The van der Waals surface area contributed by atoms with Gasteiger partial charge in [0.15, 0.2) is 0 Å². The lowest BCUT2D eigenvalue weighted by Gasteiger charge is -2.28. The fraction of sp³-hybridized carbons (Fsp3) is 0.474. The molecule has 1 saturated carbocycles. The average Bonchev–Trinajstić information content (AvgIpc) is 3.42. The van der Waals surface area contributed by atoms with E-state index in [9.17, 15) is 14.7 Å². The van der Waals surface area contributed by atoms with Crippen LogP contribution < -0.4 is 16.1 Å². The molecule has 8 heteroatoms. The van der Waals surface area contributed by atoms with Crippen LogP contribution in [0.25, 0.3) is 10.9 Å². The summed E-state index contributed by atoms with van der Waals surface area (Å²) in [5.41, 5.74) is 6.83. The van der Waals surface area contributed by atoms with Crippen molar-refractivity contribution in [3.05, 3.63) is 39.4 Å². The van der Waals surface area contributed by atoms with Gasteiger partial charge in [-0.1, -0.05) is 0 Å². The summed E-state index contributed by atoms with van der Waals surface area (Å²) in [6.45, 7) is 1.20. The number of nitrogens with two attached hydrogens (primary N) is 1. The van der Waals surface area contributed by atoms with E-state index < -0.39 is 17.2 Å². The molecule has 0 unspecified atom stereocenters. The van der Waals surface area contributed by atoms with Crippen molar-refractivity contribution in [2.75, 3.05) is 18.1 Å². The van der Waals surface area contributed by atoms with Gasteiger partial charge in [-0.2, -0.15) is 0 Å². The fourth-order valence-corrected chi connectivity index (χ4v) is 4.45. The predicted molar refractivity (Wildman–Crippen MR) is 96.8 cm³/mol. The number of hydrogen-bond acceptors (Lipinski definition) is 5. The third-order valence-corrected chi connectivity index (χ3v) is 5.93. The molecule has 1 aliphatic carbocycles. The number of benzene rings is 1. The molecule has 0 spiro atoms. The molecule has 3 heterocycles. The average molecular weight is 373 g/mol. The topological polar surface area (TPSA) is 97.8 Å². The highest BCUT2D eigenvalue weighted by Crippen LogP contribution is 2.42. The largest absolute Gasteiger partial charge is 0.477 e. The molecule has 0 amide bonds. The van der Waals surface area contributed by atoms with Gasteiger partial charge in [-0.15, -0.1) is 0 Å². The van der Waals surface area contributed by atoms with E-state index in [1.165, 1.54) is 12.3 Å². The molecule has 1 aromatic carbocycles. The number of carboxylic acid groups (broad SMARTS) is 1. The van der Waals surface area contributed by atoms with E-state index in [1.807, 2.05) is 9.47 Å². The van der Waals surface area contributed by atoms with Crippen LogP contribution in [-0.2, 0) is 11.3 Å². The molecular weight excluding hydrogens is 353 g/mol. The van der Waals surface area contributed by atoms with E-state index in [0.717, 1.165) is 19.3 Å². The van der Waals surface area contributed by atoms with Gasteiger partial charge in [0.2, 0.25) is 5.43 Å². The summed E-state index contributed by atoms with van der Waals surface area (Å²) in [6.07, 6.45) is 3.96. The van der Waals surface area contributed by atoms with Crippen LogP contribution in [0.2, 0.25) is 0 Å². The lowest BCUT2D eigenvalue weighted by molar-refractivity contribution is 0.0695. The van der Waals surface area contributed by atoms with Crippen LogP contribution >= 0.6 is 0 Å². The van der Waals surface area contributed by atoms with Crippen molar-refractivity contribution < 1.29 is 19.0 Å². The maximum Gasteiger partial charge on any atom is 0.341 e. The van der Waals surface area contributed by atoms with Crippen LogP contribution in [-0.4, -0.2) is 40.9 Å². The first-order chi connectivity index (χ1) is 13.0. The normalized spacial score (nSPS) is 24.6. The Balaban J connectivity index is 1.86. The smallest absolute Gasteiger partial charge is 0.341 e. The standard InChI is InChI=1S/C19H20FN3O4/c20-13-5-10-16(23(9-1-2-9)6-11(18(10)24)19(25)26)12-7-27-8-15-14(21)3-4-22(15)17(12)13/h5-6,9,14-15H,1-4,7-8,21H2,(H,25,26)/t14-,15+/m0/s1. The lowest BCUT2D eigenvalue weighted by atomic mass is 10.0. The molecule has 3 N–H and O–H groups in total. The molecule has 27 heavy (non-hydrogen) atoms. The van der Waals surface area contributed by atoms with E-state index in [-0.39, 0.29) is 35.7 Å². The monoisotopic (exact) mass is 373 g/mol. The maximum atomic E-state index is 15.2. The summed E-state index contributed by atoms with van der Waals surface area (Å²) in [5.74, 6) is -1.82. The Kier molecular flexibility index (Phi) is 3.57. The van der Waals surface area contributed by atoms with E-state index in [4.69, 9.17) is 10.5 Å². The minimum Gasteiger partial charge on any atom is -0.477 e. The molecule has 2 fully saturated rings. The highest BCUT2D eigenvalue weighted by molar-refractivity contribution is 5.95. The number of carboxylic acids is 1. The first kappa shape index (κ1) is 16.7. The molecule has 142 valence electrons. The Hall–Kier alpha value is -2.45. The minimum atomic E-state index is -1.30. The van der Waals surface area contributed by atoms with Gasteiger partial charge >= 0.3 is 5.97 Å². The number of anilines is 1. The zero-order valence-electron chi connectivity index (χ0n) is 14.7. The molecule has 1 saturated heterocycles. The van der Waals surface area contributed by atoms with E-state index in [2.05, 4.69) is 0 Å². The van der Waals surface area contributed by atoms with Crippen LogP contribution in [0.4, 0.5) is 10.1 Å². The Labute approximate surface area is 154 Å². The van der Waals surface area contributed by atoms with Crippen LogP contribution in [0.5, 0.6) is 0 Å². The van der Waals surface area contributed by atoms with Crippen molar-refractivity contribution in [2.45, 2.75) is 44.0 Å². The van der Waals surface area contributed by atoms with Crippen molar-refractivity contribution in [3.8, 4) is 0 Å². The second-order valence-electron chi connectivity index (χ2n) is 7.63. The van der Waals surface area contributed by atoms with Crippen molar-refractivity contribution in [1.29, 1.82) is 0 Å². The number of aromatic nitrogens is 1. The predicted octanol–water partition coefficient (Wildman–Crippen LogP) is 1.61. The van der Waals surface area contributed by atoms with E-state index >= 15 is 4.39 Å².